The van der Waals surface area contributed by atoms with Crippen molar-refractivity contribution >= 4 is 23.3 Å². The molecule has 8 heteroatoms. The van der Waals surface area contributed by atoms with Gasteiger partial charge in [-0.2, -0.15) is 0 Å². The Labute approximate surface area is 167 Å². The Morgan fingerprint density at radius 1 is 1.29 bits per heavy atom. The van der Waals surface area contributed by atoms with Gasteiger partial charge in [-0.15, -0.1) is 10.2 Å². The van der Waals surface area contributed by atoms with E-state index in [9.17, 15) is 9.59 Å². The summed E-state index contributed by atoms with van der Waals surface area (Å²) in [7, 11) is 1.61. The highest BCUT2D eigenvalue weighted by Crippen LogP contribution is 2.29. The molecule has 1 atom stereocenters. The number of carbonyl (C=O) groups is 2. The Bertz CT molecular complexity index is 1040. The zero-order chi connectivity index (χ0) is 20.4. The molecule has 28 heavy (non-hydrogen) atoms. The van der Waals surface area contributed by atoms with E-state index in [1.807, 2.05) is 35.8 Å². The molecule has 0 radical (unpaired) electrons. The van der Waals surface area contributed by atoms with Crippen LogP contribution in [0.4, 0.5) is 0 Å². The van der Waals surface area contributed by atoms with Gasteiger partial charge in [-0.05, 0) is 45.4 Å². The van der Waals surface area contributed by atoms with Crippen molar-refractivity contribution in [2.24, 2.45) is 0 Å². The van der Waals surface area contributed by atoms with Gasteiger partial charge < -0.3 is 9.72 Å². The van der Waals surface area contributed by atoms with Crippen molar-refractivity contribution in [1.82, 2.24) is 19.7 Å². The average molecular weight is 398 g/mol. The number of hydrogen-bond acceptors (Lipinski definition) is 6. The second kappa shape index (κ2) is 8.02. The van der Waals surface area contributed by atoms with Gasteiger partial charge in [0.15, 0.2) is 16.7 Å². The molecule has 1 N–H and O–H groups in total. The van der Waals surface area contributed by atoms with Crippen LogP contribution in [0.1, 0.15) is 46.0 Å². The van der Waals surface area contributed by atoms with Crippen LogP contribution in [0.15, 0.2) is 35.7 Å². The highest BCUT2D eigenvalue weighted by molar-refractivity contribution is 8.00. The fourth-order valence-electron chi connectivity index (χ4n) is 3.18. The Morgan fingerprint density at radius 2 is 2.04 bits per heavy atom. The van der Waals surface area contributed by atoms with Gasteiger partial charge in [0.2, 0.25) is 0 Å². The number of rotatable bonds is 7. The van der Waals surface area contributed by atoms with Crippen LogP contribution in [0.3, 0.4) is 0 Å². The van der Waals surface area contributed by atoms with Gasteiger partial charge in [-0.1, -0.05) is 17.8 Å². The van der Waals surface area contributed by atoms with Crippen LogP contribution in [-0.4, -0.2) is 43.7 Å². The number of Topliss-reactive ketones (excluding diaryl/α,β-unsaturated/α-hetero) is 2. The fraction of sp³-hybridized carbons (Fsp3) is 0.300. The first-order chi connectivity index (χ1) is 13.3. The molecule has 146 valence electrons. The molecule has 2 aromatic heterocycles. The lowest BCUT2D eigenvalue weighted by atomic mass is 10.0. The second-order valence-electron chi connectivity index (χ2n) is 6.49. The summed E-state index contributed by atoms with van der Waals surface area (Å²) in [5, 5.41) is 8.33. The van der Waals surface area contributed by atoms with E-state index < -0.39 is 5.25 Å². The molecule has 2 heterocycles. The quantitative estimate of drug-likeness (QED) is 0.481. The number of ketones is 2. The van der Waals surface area contributed by atoms with Crippen LogP contribution >= 0.6 is 11.8 Å². The van der Waals surface area contributed by atoms with E-state index in [-0.39, 0.29) is 11.6 Å². The minimum absolute atomic E-state index is 0.0524. The van der Waals surface area contributed by atoms with E-state index in [1.54, 1.807) is 27.3 Å². The van der Waals surface area contributed by atoms with Crippen LogP contribution in [-0.2, 0) is 0 Å². The second-order valence-corrected chi connectivity index (χ2v) is 7.80. The van der Waals surface area contributed by atoms with Crippen molar-refractivity contribution in [3.05, 3.63) is 53.1 Å². The van der Waals surface area contributed by atoms with Crippen LogP contribution in [0, 0.1) is 13.8 Å². The van der Waals surface area contributed by atoms with Gasteiger partial charge in [0.1, 0.15) is 12.1 Å². The number of hydrogen-bond donors (Lipinski definition) is 1. The molecule has 0 spiro atoms. The molecule has 7 nitrogen and oxygen atoms in total. The SMILES string of the molecule is COc1cccc(-n2cnnc2S[C@@H](C)C(=O)c2[nH]c(C)c(C(C)=O)c2C)c1. The molecular formula is C20H22N4O3S. The Balaban J connectivity index is 1.86. The van der Waals surface area contributed by atoms with Gasteiger partial charge in [0.25, 0.3) is 0 Å². The molecule has 0 saturated heterocycles. The first kappa shape index (κ1) is 19.9. The zero-order valence-corrected chi connectivity index (χ0v) is 17.3. The Hall–Kier alpha value is -2.87. The summed E-state index contributed by atoms with van der Waals surface area (Å²) < 4.78 is 7.08. The minimum atomic E-state index is -0.412. The molecule has 0 unspecified atom stereocenters. The lowest BCUT2D eigenvalue weighted by molar-refractivity contribution is 0.0988. The third-order valence-corrected chi connectivity index (χ3v) is 5.59. The van der Waals surface area contributed by atoms with Crippen LogP contribution in [0.5, 0.6) is 5.75 Å². The molecule has 1 aromatic carbocycles. The van der Waals surface area contributed by atoms with Gasteiger partial charge >= 0.3 is 0 Å². The van der Waals surface area contributed by atoms with Crippen molar-refractivity contribution in [1.29, 1.82) is 0 Å². The number of carbonyl (C=O) groups excluding carboxylic acids is 2. The number of aromatic nitrogens is 4. The van der Waals surface area contributed by atoms with E-state index in [0.717, 1.165) is 11.4 Å². The van der Waals surface area contributed by atoms with Gasteiger partial charge in [-0.3, -0.25) is 14.2 Å². The summed E-state index contributed by atoms with van der Waals surface area (Å²) in [6.07, 6.45) is 1.60. The number of aryl methyl sites for hydroxylation is 1. The van der Waals surface area contributed by atoms with Crippen LogP contribution in [0.2, 0.25) is 0 Å². The normalized spacial score (nSPS) is 12.0. The topological polar surface area (TPSA) is 89.9 Å². The molecule has 0 bridgehead atoms. The van der Waals surface area contributed by atoms with Crippen molar-refractivity contribution in [3.8, 4) is 11.4 Å². The number of aromatic amines is 1. The molecule has 3 aromatic rings. The van der Waals surface area contributed by atoms with Crippen molar-refractivity contribution in [3.63, 3.8) is 0 Å². The summed E-state index contributed by atoms with van der Waals surface area (Å²) in [5.41, 5.74) is 3.30. The van der Waals surface area contributed by atoms with Crippen LogP contribution in [0.25, 0.3) is 5.69 Å². The standard InChI is InChI=1S/C20H22N4O3S/c1-11-17(13(3)25)12(2)22-18(11)19(26)14(4)28-20-23-21-10-24(20)15-7-6-8-16(9-15)27-5/h6-10,14,22H,1-5H3/t14-/m0/s1. The molecule has 0 saturated carbocycles. The lowest BCUT2D eigenvalue weighted by Gasteiger charge is -2.12. The average Bonchev–Trinajstić information content (AvgIpc) is 3.24. The summed E-state index contributed by atoms with van der Waals surface area (Å²) in [4.78, 5) is 27.9. The van der Waals surface area contributed by atoms with Gasteiger partial charge in [0, 0.05) is 17.3 Å². The van der Waals surface area contributed by atoms with Crippen molar-refractivity contribution < 1.29 is 14.3 Å². The van der Waals surface area contributed by atoms with Gasteiger partial charge in [-0.25, -0.2) is 0 Å². The summed E-state index contributed by atoms with van der Waals surface area (Å²) in [6.45, 7) is 6.92. The summed E-state index contributed by atoms with van der Waals surface area (Å²) in [5.74, 6) is 0.585. The third-order valence-electron chi connectivity index (χ3n) is 4.54. The summed E-state index contributed by atoms with van der Waals surface area (Å²) in [6, 6.07) is 7.53. The molecule has 0 aliphatic rings. The first-order valence-electron chi connectivity index (χ1n) is 8.79. The Morgan fingerprint density at radius 3 is 2.68 bits per heavy atom. The highest BCUT2D eigenvalue weighted by atomic mass is 32.2. The smallest absolute Gasteiger partial charge is 0.196 e. The number of nitrogens with zero attached hydrogens (tertiary/aromatic N) is 3. The molecular weight excluding hydrogens is 376 g/mol. The van der Waals surface area contributed by atoms with Crippen molar-refractivity contribution in [2.75, 3.05) is 7.11 Å². The molecule has 0 aliphatic heterocycles. The fourth-order valence-corrected chi connectivity index (χ4v) is 4.08. The monoisotopic (exact) mass is 398 g/mol. The maximum Gasteiger partial charge on any atom is 0.196 e. The number of H-pyrrole nitrogens is 1. The molecule has 3 rings (SSSR count). The number of benzene rings is 1. The maximum atomic E-state index is 13.0. The number of thioether (sulfide) groups is 1. The van der Waals surface area contributed by atoms with Crippen molar-refractivity contribution in [2.45, 2.75) is 38.1 Å². The van der Waals surface area contributed by atoms with Gasteiger partial charge in [0.05, 0.1) is 23.7 Å². The Kier molecular flexibility index (Phi) is 5.69. The number of methoxy groups -OCH3 is 1. The predicted octanol–water partition coefficient (Wildman–Crippen LogP) is 3.79. The first-order valence-corrected chi connectivity index (χ1v) is 9.66. The molecule has 0 amide bonds. The van der Waals surface area contributed by atoms with Crippen LogP contribution < -0.4 is 4.74 Å². The number of ether oxygens (including phenoxy) is 1. The van der Waals surface area contributed by atoms with E-state index in [2.05, 4.69) is 15.2 Å². The molecule has 0 fully saturated rings. The molecule has 0 aliphatic carbocycles. The van der Waals surface area contributed by atoms with E-state index >= 15 is 0 Å². The van der Waals surface area contributed by atoms with E-state index in [0.29, 0.717) is 27.7 Å². The summed E-state index contributed by atoms with van der Waals surface area (Å²) >= 11 is 1.31. The number of nitrogens with one attached hydrogen (secondary N) is 1. The predicted molar refractivity (Wildman–Crippen MR) is 108 cm³/mol. The third kappa shape index (κ3) is 3.73. The lowest BCUT2D eigenvalue weighted by Crippen LogP contribution is -2.16. The van der Waals surface area contributed by atoms with E-state index in [1.165, 1.54) is 18.7 Å². The minimum Gasteiger partial charge on any atom is -0.497 e. The van der Waals surface area contributed by atoms with E-state index in [4.69, 9.17) is 4.74 Å². The highest BCUT2D eigenvalue weighted by Gasteiger charge is 2.25. The largest absolute Gasteiger partial charge is 0.497 e. The zero-order valence-electron chi connectivity index (χ0n) is 16.4. The maximum absolute atomic E-state index is 13.0.